The van der Waals surface area contributed by atoms with Gasteiger partial charge < -0.3 is 24.4 Å². The van der Waals surface area contributed by atoms with Crippen molar-refractivity contribution in [3.8, 4) is 11.5 Å². The Labute approximate surface area is 189 Å². The molecule has 2 aliphatic rings. The fourth-order valence-electron chi connectivity index (χ4n) is 3.76. The average molecular weight is 487 g/mol. The highest BCUT2D eigenvalue weighted by Gasteiger charge is 2.45. The Bertz CT molecular complexity index is 1050. The maximum absolute atomic E-state index is 13.0. The fraction of sp³-hybridized carbons (Fsp3) is 0.304. The van der Waals surface area contributed by atoms with Crippen LogP contribution >= 0.6 is 15.9 Å². The zero-order chi connectivity index (χ0) is 22.1. The summed E-state index contributed by atoms with van der Waals surface area (Å²) in [6, 6.07) is 11.7. The Hall–Kier alpha value is -2.84. The first kappa shape index (κ1) is 21.4. The summed E-state index contributed by atoms with van der Waals surface area (Å²) >= 11 is 3.42. The Morgan fingerprint density at radius 3 is 2.45 bits per heavy atom. The van der Waals surface area contributed by atoms with Crippen LogP contribution in [-0.2, 0) is 9.59 Å². The average Bonchev–Trinajstić information content (AvgIpc) is 3.02. The van der Waals surface area contributed by atoms with Crippen LogP contribution in [0.5, 0.6) is 11.5 Å². The predicted octanol–water partition coefficient (Wildman–Crippen LogP) is 3.20. The van der Waals surface area contributed by atoms with E-state index in [9.17, 15) is 14.7 Å². The molecule has 0 saturated carbocycles. The van der Waals surface area contributed by atoms with Crippen molar-refractivity contribution < 1.29 is 24.2 Å². The van der Waals surface area contributed by atoms with Crippen LogP contribution in [0.25, 0.3) is 5.76 Å². The first-order valence-electron chi connectivity index (χ1n) is 9.95. The van der Waals surface area contributed by atoms with Crippen molar-refractivity contribution in [2.45, 2.75) is 6.04 Å². The van der Waals surface area contributed by atoms with E-state index in [4.69, 9.17) is 9.47 Å². The number of carbonyl (C=O) groups is 2. The van der Waals surface area contributed by atoms with Gasteiger partial charge >= 0.3 is 0 Å². The van der Waals surface area contributed by atoms with Crippen LogP contribution in [0.3, 0.4) is 0 Å². The Morgan fingerprint density at radius 2 is 1.77 bits per heavy atom. The molecular weight excluding hydrogens is 464 g/mol. The molecule has 2 aromatic carbocycles. The number of amides is 1. The number of aliphatic hydroxyl groups excluding tert-OH is 1. The van der Waals surface area contributed by atoms with Gasteiger partial charge in [0.15, 0.2) is 11.5 Å². The molecule has 7 nitrogen and oxygen atoms in total. The van der Waals surface area contributed by atoms with Gasteiger partial charge in [0, 0.05) is 23.1 Å². The number of nitrogens with zero attached hydrogens (tertiary/aromatic N) is 2. The minimum atomic E-state index is -0.695. The molecule has 0 unspecified atom stereocenters. The van der Waals surface area contributed by atoms with Gasteiger partial charge in [0.2, 0.25) is 0 Å². The predicted molar refractivity (Wildman–Crippen MR) is 119 cm³/mol. The Balaban J connectivity index is 1.81. The van der Waals surface area contributed by atoms with Gasteiger partial charge in [0.25, 0.3) is 11.7 Å². The van der Waals surface area contributed by atoms with Crippen LogP contribution in [-0.4, -0.2) is 67.0 Å². The van der Waals surface area contributed by atoms with Crippen molar-refractivity contribution in [1.82, 2.24) is 9.80 Å². The number of hydrogen-bond donors (Lipinski definition) is 1. The van der Waals surface area contributed by atoms with E-state index in [1.165, 1.54) is 4.90 Å². The van der Waals surface area contributed by atoms with Crippen LogP contribution in [0.4, 0.5) is 0 Å². The first-order chi connectivity index (χ1) is 14.9. The molecule has 162 valence electrons. The van der Waals surface area contributed by atoms with Crippen molar-refractivity contribution in [1.29, 1.82) is 0 Å². The van der Waals surface area contributed by atoms with Crippen molar-refractivity contribution >= 4 is 33.4 Å². The molecule has 2 aromatic rings. The Morgan fingerprint density at radius 1 is 1.10 bits per heavy atom. The van der Waals surface area contributed by atoms with E-state index < -0.39 is 17.7 Å². The van der Waals surface area contributed by atoms with Gasteiger partial charge in [0.05, 0.1) is 11.6 Å². The summed E-state index contributed by atoms with van der Waals surface area (Å²) < 4.78 is 12.0. The molecule has 0 spiro atoms. The second kappa shape index (κ2) is 8.72. The van der Waals surface area contributed by atoms with Crippen molar-refractivity contribution in [3.63, 3.8) is 0 Å². The van der Waals surface area contributed by atoms with E-state index in [2.05, 4.69) is 15.9 Å². The second-order valence-electron chi connectivity index (χ2n) is 7.71. The number of halogens is 1. The second-order valence-corrected chi connectivity index (χ2v) is 8.62. The fourth-order valence-corrected chi connectivity index (χ4v) is 4.02. The van der Waals surface area contributed by atoms with Gasteiger partial charge in [-0.2, -0.15) is 0 Å². The van der Waals surface area contributed by atoms with Crippen molar-refractivity contribution in [2.75, 3.05) is 40.4 Å². The number of likely N-dealkylation sites (N-methyl/N-ethyl adjacent to an activating group) is 1. The summed E-state index contributed by atoms with van der Waals surface area (Å²) in [5.41, 5.74) is 1.22. The third-order valence-electron chi connectivity index (χ3n) is 5.33. The Kier molecular flexibility index (Phi) is 6.02. The molecular formula is C23H23BrN2O5. The summed E-state index contributed by atoms with van der Waals surface area (Å²) in [6.45, 7) is 1.81. The van der Waals surface area contributed by atoms with E-state index in [1.807, 2.05) is 43.3 Å². The lowest BCUT2D eigenvalue weighted by molar-refractivity contribution is -0.140. The number of aliphatic hydroxyl groups is 1. The molecule has 1 amide bonds. The van der Waals surface area contributed by atoms with E-state index in [1.54, 1.807) is 18.2 Å². The lowest BCUT2D eigenvalue weighted by Crippen LogP contribution is -2.35. The minimum Gasteiger partial charge on any atom is -0.507 e. The topological polar surface area (TPSA) is 79.3 Å². The van der Waals surface area contributed by atoms with E-state index in [-0.39, 0.29) is 11.3 Å². The van der Waals surface area contributed by atoms with Crippen LogP contribution < -0.4 is 9.47 Å². The number of Topliss-reactive ketones (excluding diaryl/α,β-unsaturated/α-hetero) is 1. The third kappa shape index (κ3) is 4.18. The highest BCUT2D eigenvalue weighted by atomic mass is 79.9. The summed E-state index contributed by atoms with van der Waals surface area (Å²) in [6.07, 6.45) is 0. The lowest BCUT2D eigenvalue weighted by atomic mass is 9.95. The molecule has 0 bridgehead atoms. The monoisotopic (exact) mass is 486 g/mol. The zero-order valence-corrected chi connectivity index (χ0v) is 18.9. The summed E-state index contributed by atoms with van der Waals surface area (Å²) in [5.74, 6) is -0.459. The zero-order valence-electron chi connectivity index (χ0n) is 17.3. The highest BCUT2D eigenvalue weighted by Crippen LogP contribution is 2.41. The molecule has 2 heterocycles. The van der Waals surface area contributed by atoms with Crippen LogP contribution in [0.15, 0.2) is 52.5 Å². The maximum Gasteiger partial charge on any atom is 0.295 e. The number of benzene rings is 2. The summed E-state index contributed by atoms with van der Waals surface area (Å²) in [5, 5.41) is 11.2. The largest absolute Gasteiger partial charge is 0.507 e. The normalized spacial score (nSPS) is 19.9. The van der Waals surface area contributed by atoms with Crippen LogP contribution in [0, 0.1) is 0 Å². The number of ketones is 1. The summed E-state index contributed by atoms with van der Waals surface area (Å²) in [4.78, 5) is 29.4. The smallest absolute Gasteiger partial charge is 0.295 e. The molecule has 0 aliphatic carbocycles. The highest BCUT2D eigenvalue weighted by molar-refractivity contribution is 9.10. The number of likely N-dealkylation sites (tertiary alicyclic amines) is 1. The molecule has 0 radical (unpaired) electrons. The molecule has 1 fully saturated rings. The molecule has 8 heteroatoms. The molecule has 1 saturated heterocycles. The van der Waals surface area contributed by atoms with E-state index >= 15 is 0 Å². The minimum absolute atomic E-state index is 0.0720. The van der Waals surface area contributed by atoms with Gasteiger partial charge in [-0.3, -0.25) is 9.59 Å². The first-order valence-corrected chi connectivity index (χ1v) is 10.7. The van der Waals surface area contributed by atoms with Crippen LogP contribution in [0.2, 0.25) is 0 Å². The van der Waals surface area contributed by atoms with Crippen LogP contribution in [0.1, 0.15) is 17.2 Å². The third-order valence-corrected chi connectivity index (χ3v) is 5.86. The van der Waals surface area contributed by atoms with Gasteiger partial charge in [-0.25, -0.2) is 0 Å². The number of carbonyl (C=O) groups excluding carboxylic acids is 2. The quantitative estimate of drug-likeness (QED) is 0.397. The van der Waals surface area contributed by atoms with Crippen molar-refractivity contribution in [3.05, 3.63) is 63.6 Å². The van der Waals surface area contributed by atoms with Gasteiger partial charge in [-0.1, -0.05) is 28.1 Å². The van der Waals surface area contributed by atoms with Gasteiger partial charge in [-0.15, -0.1) is 0 Å². The maximum atomic E-state index is 13.0. The molecule has 2 aliphatic heterocycles. The van der Waals surface area contributed by atoms with E-state index in [0.29, 0.717) is 43.4 Å². The number of fused-ring (bicyclic) bond motifs is 1. The van der Waals surface area contributed by atoms with Gasteiger partial charge in [-0.05, 0) is 50.0 Å². The van der Waals surface area contributed by atoms with Crippen molar-refractivity contribution in [2.24, 2.45) is 0 Å². The van der Waals surface area contributed by atoms with E-state index in [0.717, 1.165) is 10.0 Å². The number of ether oxygens (including phenoxy) is 2. The SMILES string of the molecule is CN(C)CCN1C(=O)C(=O)/C(=C(/O)c2ccc3c(c2)OCCO3)[C@H]1c1ccc(Br)cc1. The standard InChI is InChI=1S/C23H23BrN2O5/c1-25(2)9-10-26-20(14-3-6-16(24)7-4-14)19(22(28)23(26)29)21(27)15-5-8-17-18(13-15)31-12-11-30-17/h3-8,13,20,27H,9-12H2,1-2H3/b21-19+/t20-/m1/s1. The number of rotatable bonds is 5. The lowest BCUT2D eigenvalue weighted by Gasteiger charge is -2.26. The molecule has 1 atom stereocenters. The molecule has 1 N–H and O–H groups in total. The summed E-state index contributed by atoms with van der Waals surface area (Å²) in [7, 11) is 3.81. The molecule has 31 heavy (non-hydrogen) atoms. The number of hydrogen-bond acceptors (Lipinski definition) is 6. The van der Waals surface area contributed by atoms with Gasteiger partial charge in [0.1, 0.15) is 19.0 Å². The molecule has 4 rings (SSSR count). The molecule has 0 aromatic heterocycles.